The molecule has 0 fully saturated rings. The Hall–Kier alpha value is -2.29. The summed E-state index contributed by atoms with van der Waals surface area (Å²) in [5.74, 6) is 1.29. The Bertz CT molecular complexity index is 922. The maximum Gasteiger partial charge on any atom is 0.227 e. The number of fused-ring (bicyclic) bond motifs is 3. The van der Waals surface area contributed by atoms with Crippen LogP contribution in [0.4, 0.5) is 5.69 Å². The van der Waals surface area contributed by atoms with Crippen LogP contribution in [0.25, 0.3) is 22.1 Å². The van der Waals surface area contributed by atoms with Gasteiger partial charge in [0.2, 0.25) is 5.71 Å². The van der Waals surface area contributed by atoms with Crippen molar-refractivity contribution in [1.29, 1.82) is 0 Å². The third-order valence-electron chi connectivity index (χ3n) is 5.15. The second-order valence-corrected chi connectivity index (χ2v) is 7.35. The van der Waals surface area contributed by atoms with E-state index >= 15 is 0 Å². The topological polar surface area (TPSA) is 29.3 Å². The van der Waals surface area contributed by atoms with Gasteiger partial charge in [-0.3, -0.25) is 0 Å². The fraction of sp³-hybridized carbons (Fsp3) is 0.381. The summed E-state index contributed by atoms with van der Waals surface area (Å²) in [7, 11) is 0. The molecule has 1 aliphatic heterocycles. The lowest BCUT2D eigenvalue weighted by Gasteiger charge is -2.28. The average molecular weight is 320 g/mol. The number of nitrogens with zero attached hydrogens (tertiary/aromatic N) is 2. The lowest BCUT2D eigenvalue weighted by atomic mass is 9.92. The number of hydrogen-bond donors (Lipinski definition) is 0. The van der Waals surface area contributed by atoms with Gasteiger partial charge in [-0.05, 0) is 49.8 Å². The van der Waals surface area contributed by atoms with E-state index in [1.54, 1.807) is 6.20 Å². The van der Waals surface area contributed by atoms with Crippen LogP contribution in [0.15, 0.2) is 47.2 Å². The lowest BCUT2D eigenvalue weighted by molar-refractivity contribution is 0.436. The molecule has 3 nitrogen and oxygen atoms in total. The van der Waals surface area contributed by atoms with Crippen molar-refractivity contribution in [2.24, 2.45) is 11.8 Å². The van der Waals surface area contributed by atoms with Crippen LogP contribution in [0.5, 0.6) is 0 Å². The summed E-state index contributed by atoms with van der Waals surface area (Å²) in [6.07, 6.45) is 7.59. The number of aryl methyl sites for hydroxylation is 1. The first-order valence-corrected chi connectivity index (χ1v) is 8.79. The molecule has 124 valence electrons. The largest absolute Gasteiger partial charge is 0.435 e. The standard InChI is InChI=1S/C21H24N2O/c1-13(2)12-16-9-11-23(15(16)4)19-14(3)7-8-17-18-6-5-10-22-21(18)24-20(17)19/h5-11,13,15-16H,12H2,1-4H3/t15-,16-/m0/s1. The second kappa shape index (κ2) is 5.66. The molecule has 0 saturated heterocycles. The summed E-state index contributed by atoms with van der Waals surface area (Å²) in [6, 6.07) is 8.83. The molecule has 0 bridgehead atoms. The molecular formula is C21H24N2O. The number of furan rings is 1. The van der Waals surface area contributed by atoms with Gasteiger partial charge in [0, 0.05) is 29.2 Å². The summed E-state index contributed by atoms with van der Waals surface area (Å²) in [4.78, 5) is 6.77. The molecule has 1 aliphatic rings. The third kappa shape index (κ3) is 2.31. The van der Waals surface area contributed by atoms with Gasteiger partial charge in [0.25, 0.3) is 0 Å². The smallest absolute Gasteiger partial charge is 0.227 e. The van der Waals surface area contributed by atoms with Gasteiger partial charge in [-0.25, -0.2) is 4.98 Å². The first-order valence-electron chi connectivity index (χ1n) is 8.79. The van der Waals surface area contributed by atoms with E-state index in [0.717, 1.165) is 16.4 Å². The minimum atomic E-state index is 0.442. The Labute approximate surface area is 143 Å². The number of anilines is 1. The highest BCUT2D eigenvalue weighted by Gasteiger charge is 2.29. The minimum absolute atomic E-state index is 0.442. The second-order valence-electron chi connectivity index (χ2n) is 7.35. The minimum Gasteiger partial charge on any atom is -0.435 e. The summed E-state index contributed by atoms with van der Waals surface area (Å²) >= 11 is 0. The molecule has 3 heterocycles. The predicted molar refractivity (Wildman–Crippen MR) is 100 cm³/mol. The van der Waals surface area contributed by atoms with Crippen molar-refractivity contribution in [3.05, 3.63) is 48.3 Å². The molecule has 2 atom stereocenters. The van der Waals surface area contributed by atoms with E-state index in [2.05, 4.69) is 68.1 Å². The number of benzene rings is 1. The van der Waals surface area contributed by atoms with Crippen molar-refractivity contribution in [3.8, 4) is 0 Å². The predicted octanol–water partition coefficient (Wildman–Crippen LogP) is 5.67. The van der Waals surface area contributed by atoms with E-state index in [1.165, 1.54) is 17.7 Å². The quantitative estimate of drug-likeness (QED) is 0.622. The van der Waals surface area contributed by atoms with E-state index in [0.29, 0.717) is 23.6 Å². The molecule has 24 heavy (non-hydrogen) atoms. The van der Waals surface area contributed by atoms with Crippen molar-refractivity contribution in [2.45, 2.75) is 40.2 Å². The number of rotatable bonds is 3. The summed E-state index contributed by atoms with van der Waals surface area (Å²) in [6.45, 7) is 9.05. The highest BCUT2D eigenvalue weighted by Crippen LogP contribution is 2.40. The van der Waals surface area contributed by atoms with E-state index in [9.17, 15) is 0 Å². The van der Waals surface area contributed by atoms with Crippen LogP contribution in [-0.4, -0.2) is 11.0 Å². The van der Waals surface area contributed by atoms with Gasteiger partial charge < -0.3 is 9.32 Å². The van der Waals surface area contributed by atoms with Crippen LogP contribution in [-0.2, 0) is 0 Å². The van der Waals surface area contributed by atoms with Crippen LogP contribution in [0.2, 0.25) is 0 Å². The summed E-state index contributed by atoms with van der Waals surface area (Å²) < 4.78 is 6.15. The zero-order chi connectivity index (χ0) is 16.8. The Kier molecular flexibility index (Phi) is 3.60. The zero-order valence-corrected chi connectivity index (χ0v) is 14.8. The molecule has 2 aromatic heterocycles. The molecule has 4 rings (SSSR count). The highest BCUT2D eigenvalue weighted by molar-refractivity contribution is 6.08. The Balaban J connectivity index is 1.85. The normalized spacial score (nSPS) is 20.8. The Morgan fingerprint density at radius 1 is 1.21 bits per heavy atom. The molecule has 0 amide bonds. The fourth-order valence-corrected chi connectivity index (χ4v) is 3.88. The first kappa shape index (κ1) is 15.3. The van der Waals surface area contributed by atoms with E-state index in [-0.39, 0.29) is 0 Å². The van der Waals surface area contributed by atoms with E-state index in [4.69, 9.17) is 4.42 Å². The van der Waals surface area contributed by atoms with Gasteiger partial charge in [-0.2, -0.15) is 0 Å². The lowest BCUT2D eigenvalue weighted by Crippen LogP contribution is -2.30. The Morgan fingerprint density at radius 3 is 2.83 bits per heavy atom. The van der Waals surface area contributed by atoms with Crippen molar-refractivity contribution in [2.75, 3.05) is 4.90 Å². The van der Waals surface area contributed by atoms with Gasteiger partial charge in [0.1, 0.15) is 0 Å². The van der Waals surface area contributed by atoms with Crippen LogP contribution in [0.3, 0.4) is 0 Å². The van der Waals surface area contributed by atoms with E-state index in [1.807, 2.05) is 6.07 Å². The number of pyridine rings is 1. The van der Waals surface area contributed by atoms with Crippen LogP contribution >= 0.6 is 0 Å². The molecule has 0 aliphatic carbocycles. The van der Waals surface area contributed by atoms with Crippen LogP contribution in [0, 0.1) is 18.8 Å². The molecule has 3 aromatic rings. The molecular weight excluding hydrogens is 296 g/mol. The van der Waals surface area contributed by atoms with Gasteiger partial charge in [0.15, 0.2) is 5.58 Å². The van der Waals surface area contributed by atoms with Crippen LogP contribution < -0.4 is 4.90 Å². The first-order chi connectivity index (χ1) is 11.6. The van der Waals surface area contributed by atoms with Gasteiger partial charge >= 0.3 is 0 Å². The molecule has 0 saturated carbocycles. The molecule has 0 N–H and O–H groups in total. The zero-order valence-electron chi connectivity index (χ0n) is 14.8. The number of aromatic nitrogens is 1. The highest BCUT2D eigenvalue weighted by atomic mass is 16.3. The Morgan fingerprint density at radius 2 is 2.04 bits per heavy atom. The SMILES string of the molecule is Cc1ccc2c(oc3ncccc32)c1N1C=C[C@@H](CC(C)C)[C@@H]1C. The maximum atomic E-state index is 6.15. The molecule has 3 heteroatoms. The monoisotopic (exact) mass is 320 g/mol. The van der Waals surface area contributed by atoms with Crippen molar-refractivity contribution < 1.29 is 4.42 Å². The van der Waals surface area contributed by atoms with Crippen molar-refractivity contribution in [1.82, 2.24) is 4.98 Å². The fourth-order valence-electron chi connectivity index (χ4n) is 3.88. The third-order valence-corrected chi connectivity index (χ3v) is 5.15. The summed E-state index contributed by atoms with van der Waals surface area (Å²) in [5.41, 5.74) is 4.09. The van der Waals surface area contributed by atoms with Crippen LogP contribution in [0.1, 0.15) is 32.8 Å². The molecule has 0 spiro atoms. The molecule has 0 unspecified atom stereocenters. The molecule has 1 aromatic carbocycles. The molecule has 0 radical (unpaired) electrons. The van der Waals surface area contributed by atoms with Gasteiger partial charge in [-0.1, -0.05) is 32.1 Å². The van der Waals surface area contributed by atoms with Gasteiger partial charge in [-0.15, -0.1) is 0 Å². The maximum absolute atomic E-state index is 6.15. The van der Waals surface area contributed by atoms with Gasteiger partial charge in [0.05, 0.1) is 5.69 Å². The average Bonchev–Trinajstić information content (AvgIpc) is 3.09. The van der Waals surface area contributed by atoms with Crippen molar-refractivity contribution in [3.63, 3.8) is 0 Å². The van der Waals surface area contributed by atoms with E-state index < -0.39 is 0 Å². The summed E-state index contributed by atoms with van der Waals surface area (Å²) in [5, 5.41) is 2.23. The van der Waals surface area contributed by atoms with Crippen molar-refractivity contribution >= 4 is 27.8 Å². The number of hydrogen-bond acceptors (Lipinski definition) is 3.